The fraction of sp³-hybridized carbons (Fsp3) is 0.429. The molecule has 1 aromatic heterocycles. The van der Waals surface area contributed by atoms with Crippen LogP contribution in [-0.4, -0.2) is 45.3 Å². The van der Waals surface area contributed by atoms with Crippen LogP contribution in [0.25, 0.3) is 0 Å². The second-order valence-corrected chi connectivity index (χ2v) is 9.10. The van der Waals surface area contributed by atoms with Crippen molar-refractivity contribution in [2.45, 2.75) is 50.5 Å². The number of benzene rings is 1. The van der Waals surface area contributed by atoms with Crippen molar-refractivity contribution >= 4 is 35.3 Å². The molecule has 9 heteroatoms. The number of carbonyl (C=O) groups excluding carboxylic acids is 1. The summed E-state index contributed by atoms with van der Waals surface area (Å²) in [6, 6.07) is 7.81. The molecule has 2 aromatic rings. The molecule has 30 heavy (non-hydrogen) atoms. The minimum Gasteiger partial charge on any atom is -0.443 e. The maximum atomic E-state index is 12.8. The number of nitrogens with zero attached hydrogens (tertiary/aromatic N) is 4. The molecule has 3 heterocycles. The smallest absolute Gasteiger partial charge is 0.414 e. The van der Waals surface area contributed by atoms with E-state index in [0.29, 0.717) is 36.4 Å². The highest BCUT2D eigenvalue weighted by Gasteiger charge is 2.36. The van der Waals surface area contributed by atoms with Crippen LogP contribution in [0.3, 0.4) is 0 Å². The zero-order valence-corrected chi connectivity index (χ0v) is 18.4. The lowest BCUT2D eigenvalue weighted by Gasteiger charge is -2.42. The fourth-order valence-electron chi connectivity index (χ4n) is 3.80. The second kappa shape index (κ2) is 7.79. The standard InChI is InChI=1S/C21H26N6O2S/c1-21(2,3)29-20(28)26-10-9-16(14-7-5-6-8-15(14)26)27-12-13-11-23-19(30-4)25-17(13)24-18(27)22/h5-8,11,16H,9-10,12H2,1-4H3,(H2,22,23,24,25). The van der Waals surface area contributed by atoms with Gasteiger partial charge in [0.05, 0.1) is 18.3 Å². The lowest BCUT2D eigenvalue weighted by molar-refractivity contribution is 0.0573. The van der Waals surface area contributed by atoms with Gasteiger partial charge in [0, 0.05) is 18.3 Å². The number of fused-ring (bicyclic) bond motifs is 2. The van der Waals surface area contributed by atoms with Crippen molar-refractivity contribution in [3.8, 4) is 0 Å². The highest BCUT2D eigenvalue weighted by molar-refractivity contribution is 7.98. The molecule has 1 unspecified atom stereocenters. The molecule has 0 spiro atoms. The van der Waals surface area contributed by atoms with Gasteiger partial charge in [-0.05, 0) is 45.1 Å². The van der Waals surface area contributed by atoms with Crippen LogP contribution in [0.4, 0.5) is 16.3 Å². The first-order valence-electron chi connectivity index (χ1n) is 9.88. The third-order valence-electron chi connectivity index (χ3n) is 5.09. The Labute approximate surface area is 180 Å². The van der Waals surface area contributed by atoms with E-state index in [-0.39, 0.29) is 12.1 Å². The molecular weight excluding hydrogens is 400 g/mol. The molecule has 0 bridgehead atoms. The van der Waals surface area contributed by atoms with E-state index < -0.39 is 5.60 Å². The van der Waals surface area contributed by atoms with Crippen molar-refractivity contribution in [1.82, 2.24) is 14.9 Å². The Morgan fingerprint density at radius 1 is 1.33 bits per heavy atom. The van der Waals surface area contributed by atoms with Crippen LogP contribution in [0.5, 0.6) is 0 Å². The van der Waals surface area contributed by atoms with Gasteiger partial charge in [-0.15, -0.1) is 0 Å². The largest absolute Gasteiger partial charge is 0.443 e. The number of aromatic nitrogens is 2. The van der Waals surface area contributed by atoms with Gasteiger partial charge in [0.25, 0.3) is 0 Å². The Bertz CT molecular complexity index is 990. The van der Waals surface area contributed by atoms with Crippen molar-refractivity contribution in [2.24, 2.45) is 0 Å². The second-order valence-electron chi connectivity index (χ2n) is 8.33. The predicted octanol–water partition coefficient (Wildman–Crippen LogP) is 4.25. The van der Waals surface area contributed by atoms with E-state index in [4.69, 9.17) is 10.1 Å². The molecular formula is C21H26N6O2S. The van der Waals surface area contributed by atoms with Crippen molar-refractivity contribution < 1.29 is 9.53 Å². The maximum absolute atomic E-state index is 12.8. The van der Waals surface area contributed by atoms with Crippen LogP contribution in [0.1, 0.15) is 44.4 Å². The maximum Gasteiger partial charge on any atom is 0.414 e. The normalized spacial score (nSPS) is 18.4. The highest BCUT2D eigenvalue weighted by atomic mass is 32.2. The fourth-order valence-corrected chi connectivity index (χ4v) is 4.14. The third-order valence-corrected chi connectivity index (χ3v) is 5.65. The van der Waals surface area contributed by atoms with Gasteiger partial charge in [-0.3, -0.25) is 10.3 Å². The van der Waals surface area contributed by atoms with E-state index in [2.05, 4.69) is 15.3 Å². The van der Waals surface area contributed by atoms with Gasteiger partial charge in [-0.1, -0.05) is 30.0 Å². The van der Waals surface area contributed by atoms with E-state index in [0.717, 1.165) is 16.8 Å². The van der Waals surface area contributed by atoms with Crippen LogP contribution in [-0.2, 0) is 11.3 Å². The van der Waals surface area contributed by atoms with Gasteiger partial charge in [0.1, 0.15) is 11.4 Å². The molecule has 2 aliphatic heterocycles. The van der Waals surface area contributed by atoms with Gasteiger partial charge >= 0.3 is 6.09 Å². The summed E-state index contributed by atoms with van der Waals surface area (Å²) in [7, 11) is 0. The molecule has 1 aromatic carbocycles. The van der Waals surface area contributed by atoms with Crippen LogP contribution >= 0.6 is 11.8 Å². The van der Waals surface area contributed by atoms with Crippen molar-refractivity contribution in [2.75, 3.05) is 23.0 Å². The predicted molar refractivity (Wildman–Crippen MR) is 118 cm³/mol. The molecule has 1 atom stereocenters. The molecule has 0 saturated carbocycles. The number of nitrogens with one attached hydrogen (secondary N) is 2. The summed E-state index contributed by atoms with van der Waals surface area (Å²) in [5.41, 5.74) is 2.24. The van der Waals surface area contributed by atoms with Crippen molar-refractivity contribution in [1.29, 1.82) is 5.41 Å². The topological polar surface area (TPSA) is 94.4 Å². The number of amides is 1. The molecule has 158 valence electrons. The molecule has 0 fully saturated rings. The van der Waals surface area contributed by atoms with Gasteiger partial charge in [0.2, 0.25) is 0 Å². The minimum atomic E-state index is -0.554. The monoisotopic (exact) mass is 426 g/mol. The highest BCUT2D eigenvalue weighted by Crippen LogP contribution is 2.40. The number of carbonyl (C=O) groups is 1. The lowest BCUT2D eigenvalue weighted by atomic mass is 9.94. The Morgan fingerprint density at radius 2 is 2.10 bits per heavy atom. The van der Waals surface area contributed by atoms with E-state index >= 15 is 0 Å². The van der Waals surface area contributed by atoms with Crippen LogP contribution in [0, 0.1) is 5.41 Å². The van der Waals surface area contributed by atoms with Gasteiger partial charge < -0.3 is 15.0 Å². The summed E-state index contributed by atoms with van der Waals surface area (Å²) < 4.78 is 5.60. The molecule has 2 aliphatic rings. The molecule has 4 rings (SSSR count). The van der Waals surface area contributed by atoms with Gasteiger partial charge in [-0.25, -0.2) is 14.8 Å². The molecule has 2 N–H and O–H groups in total. The number of hydrogen-bond donors (Lipinski definition) is 2. The molecule has 0 aliphatic carbocycles. The number of anilines is 2. The minimum absolute atomic E-state index is 0.0340. The number of ether oxygens (including phenoxy) is 1. The summed E-state index contributed by atoms with van der Waals surface area (Å²) >= 11 is 1.47. The first-order chi connectivity index (χ1) is 14.3. The van der Waals surface area contributed by atoms with E-state index in [1.54, 1.807) is 4.90 Å². The van der Waals surface area contributed by atoms with Crippen molar-refractivity contribution in [3.05, 3.63) is 41.6 Å². The zero-order valence-electron chi connectivity index (χ0n) is 17.6. The summed E-state index contributed by atoms with van der Waals surface area (Å²) in [6.45, 7) is 6.67. The average molecular weight is 427 g/mol. The van der Waals surface area contributed by atoms with Crippen LogP contribution in [0.15, 0.2) is 35.6 Å². The number of guanidine groups is 1. The van der Waals surface area contributed by atoms with Crippen LogP contribution in [0.2, 0.25) is 0 Å². The molecule has 8 nitrogen and oxygen atoms in total. The number of thioether (sulfide) groups is 1. The average Bonchev–Trinajstić information content (AvgIpc) is 2.71. The summed E-state index contributed by atoms with van der Waals surface area (Å²) in [4.78, 5) is 25.3. The number of rotatable bonds is 2. The Morgan fingerprint density at radius 3 is 2.83 bits per heavy atom. The number of hydrogen-bond acceptors (Lipinski definition) is 6. The summed E-state index contributed by atoms with van der Waals surface area (Å²) in [5.74, 6) is 0.994. The Balaban J connectivity index is 1.62. The summed E-state index contributed by atoms with van der Waals surface area (Å²) in [6.07, 6.45) is 4.10. The van der Waals surface area contributed by atoms with Crippen LogP contribution < -0.4 is 10.2 Å². The van der Waals surface area contributed by atoms with Crippen molar-refractivity contribution in [3.63, 3.8) is 0 Å². The SMILES string of the molecule is CSc1ncc2c(n1)NC(=N)N(C1CCN(C(=O)OC(C)(C)C)c3ccccc31)C2. The van der Waals surface area contributed by atoms with E-state index in [1.165, 1.54) is 11.8 Å². The first kappa shape index (κ1) is 20.5. The molecule has 0 saturated heterocycles. The number of para-hydroxylation sites is 1. The molecule has 0 radical (unpaired) electrons. The lowest BCUT2D eigenvalue weighted by Crippen LogP contribution is -2.47. The Hall–Kier alpha value is -2.81. The quantitative estimate of drug-likeness (QED) is 0.548. The third kappa shape index (κ3) is 3.94. The van der Waals surface area contributed by atoms with Gasteiger partial charge in [-0.2, -0.15) is 0 Å². The summed E-state index contributed by atoms with van der Waals surface area (Å²) in [5, 5.41) is 12.4. The van der Waals surface area contributed by atoms with E-state index in [1.807, 2.05) is 62.4 Å². The first-order valence-corrected chi connectivity index (χ1v) is 11.1. The Kier molecular flexibility index (Phi) is 5.31. The zero-order chi connectivity index (χ0) is 21.5. The van der Waals surface area contributed by atoms with E-state index in [9.17, 15) is 4.79 Å². The molecule has 1 amide bonds. The van der Waals surface area contributed by atoms with Gasteiger partial charge in [0.15, 0.2) is 11.1 Å².